The zero-order valence-electron chi connectivity index (χ0n) is 7.47. The number of rotatable bonds is 2. The summed E-state index contributed by atoms with van der Waals surface area (Å²) in [5.41, 5.74) is 5.79. The molecule has 0 aromatic carbocycles. The van der Waals surface area contributed by atoms with E-state index >= 15 is 0 Å². The van der Waals surface area contributed by atoms with E-state index in [1.165, 1.54) is 6.20 Å². The van der Waals surface area contributed by atoms with Gasteiger partial charge < -0.3 is 15.2 Å². The van der Waals surface area contributed by atoms with Crippen LogP contribution < -0.4 is 5.73 Å². The highest BCUT2D eigenvalue weighted by Crippen LogP contribution is 2.10. The molecule has 0 unspecified atom stereocenters. The van der Waals surface area contributed by atoms with Gasteiger partial charge in [-0.1, -0.05) is 0 Å². The van der Waals surface area contributed by atoms with Crippen molar-refractivity contribution in [2.24, 2.45) is 0 Å². The van der Waals surface area contributed by atoms with Crippen molar-refractivity contribution >= 4 is 11.8 Å². The summed E-state index contributed by atoms with van der Waals surface area (Å²) in [4.78, 5) is 15.2. The van der Waals surface area contributed by atoms with Crippen molar-refractivity contribution in [3.05, 3.63) is 23.9 Å². The lowest BCUT2D eigenvalue weighted by Crippen LogP contribution is -2.37. The first kappa shape index (κ1) is 8.96. The molecule has 0 saturated carbocycles. The Kier molecular flexibility index (Phi) is 2.32. The maximum absolute atomic E-state index is 11.4. The first-order valence-electron chi connectivity index (χ1n) is 4.26. The van der Waals surface area contributed by atoms with E-state index in [9.17, 15) is 4.79 Å². The zero-order valence-corrected chi connectivity index (χ0v) is 7.47. The van der Waals surface area contributed by atoms with Gasteiger partial charge >= 0.3 is 5.97 Å². The summed E-state index contributed by atoms with van der Waals surface area (Å²) in [6.07, 6.45) is 1.29. The van der Waals surface area contributed by atoms with E-state index < -0.39 is 0 Å². The van der Waals surface area contributed by atoms with Crippen molar-refractivity contribution in [3.63, 3.8) is 0 Å². The van der Waals surface area contributed by atoms with Crippen LogP contribution in [0.25, 0.3) is 0 Å². The second-order valence-corrected chi connectivity index (χ2v) is 3.04. The van der Waals surface area contributed by atoms with Gasteiger partial charge in [-0.25, -0.2) is 9.78 Å². The number of aromatic nitrogens is 1. The Morgan fingerprint density at radius 1 is 1.57 bits per heavy atom. The molecule has 0 bridgehead atoms. The molecule has 1 aliphatic rings. The fraction of sp³-hybridized carbons (Fsp3) is 0.333. The van der Waals surface area contributed by atoms with Crippen molar-refractivity contribution in [1.82, 2.24) is 4.98 Å². The zero-order chi connectivity index (χ0) is 9.97. The molecule has 5 heteroatoms. The summed E-state index contributed by atoms with van der Waals surface area (Å²) in [7, 11) is 0. The van der Waals surface area contributed by atoms with Crippen molar-refractivity contribution in [3.8, 4) is 0 Å². The monoisotopic (exact) mass is 194 g/mol. The number of esters is 1. The predicted molar refractivity (Wildman–Crippen MR) is 48.7 cm³/mol. The molecule has 1 aromatic rings. The average Bonchev–Trinajstić information content (AvgIpc) is 2.12. The van der Waals surface area contributed by atoms with Gasteiger partial charge in [0.05, 0.1) is 18.8 Å². The molecule has 0 aliphatic carbocycles. The number of nitrogens with two attached hydrogens (primary N) is 1. The van der Waals surface area contributed by atoms with Crippen molar-refractivity contribution in [2.75, 3.05) is 18.9 Å². The average molecular weight is 194 g/mol. The SMILES string of the molecule is Nc1ccc(C(=O)OC2COC2)cn1. The third-order valence-corrected chi connectivity index (χ3v) is 1.90. The van der Waals surface area contributed by atoms with Crippen molar-refractivity contribution in [2.45, 2.75) is 6.10 Å². The van der Waals surface area contributed by atoms with Crippen molar-refractivity contribution in [1.29, 1.82) is 0 Å². The number of nitrogen functional groups attached to an aromatic ring is 1. The summed E-state index contributed by atoms with van der Waals surface area (Å²) in [5.74, 6) is -0.000623. The van der Waals surface area contributed by atoms with Gasteiger partial charge in [-0.2, -0.15) is 0 Å². The Balaban J connectivity index is 1.99. The van der Waals surface area contributed by atoms with Crippen LogP contribution in [0, 0.1) is 0 Å². The van der Waals surface area contributed by atoms with E-state index in [4.69, 9.17) is 15.2 Å². The number of ether oxygens (including phenoxy) is 2. The lowest BCUT2D eigenvalue weighted by Gasteiger charge is -2.25. The predicted octanol–water partition coefficient (Wildman–Crippen LogP) is 0.219. The van der Waals surface area contributed by atoms with Crippen LogP contribution in [-0.2, 0) is 9.47 Å². The van der Waals surface area contributed by atoms with Crippen LogP contribution >= 0.6 is 0 Å². The Morgan fingerprint density at radius 2 is 2.36 bits per heavy atom. The largest absolute Gasteiger partial charge is 0.454 e. The highest BCUT2D eigenvalue weighted by atomic mass is 16.6. The van der Waals surface area contributed by atoms with E-state index in [1.54, 1.807) is 12.1 Å². The van der Waals surface area contributed by atoms with E-state index in [2.05, 4.69) is 4.98 Å². The Morgan fingerprint density at radius 3 is 2.86 bits per heavy atom. The van der Waals surface area contributed by atoms with E-state index in [0.29, 0.717) is 24.6 Å². The van der Waals surface area contributed by atoms with E-state index in [0.717, 1.165) is 0 Å². The minimum atomic E-state index is -0.384. The molecule has 14 heavy (non-hydrogen) atoms. The molecule has 5 nitrogen and oxygen atoms in total. The van der Waals surface area contributed by atoms with Gasteiger partial charge in [0.1, 0.15) is 11.9 Å². The number of carbonyl (C=O) groups excluding carboxylic acids is 1. The standard InChI is InChI=1S/C9H10N2O3/c10-8-2-1-6(3-11-8)9(12)14-7-4-13-5-7/h1-3,7H,4-5H2,(H2,10,11). The highest BCUT2D eigenvalue weighted by molar-refractivity contribution is 5.89. The van der Waals surface area contributed by atoms with E-state index in [-0.39, 0.29) is 12.1 Å². The van der Waals surface area contributed by atoms with Crippen LogP contribution in [0.5, 0.6) is 0 Å². The topological polar surface area (TPSA) is 74.4 Å². The Hall–Kier alpha value is -1.62. The number of pyridine rings is 1. The fourth-order valence-electron chi connectivity index (χ4n) is 1.03. The second kappa shape index (κ2) is 3.63. The number of nitrogens with zero attached hydrogens (tertiary/aromatic N) is 1. The van der Waals surface area contributed by atoms with Gasteiger partial charge in [-0.3, -0.25) is 0 Å². The normalized spacial score (nSPS) is 16.0. The molecule has 2 rings (SSSR count). The molecule has 0 radical (unpaired) electrons. The number of carbonyl (C=O) groups is 1. The minimum absolute atomic E-state index is 0.111. The highest BCUT2D eigenvalue weighted by Gasteiger charge is 2.23. The lowest BCUT2D eigenvalue weighted by molar-refractivity contribution is -0.103. The van der Waals surface area contributed by atoms with Crippen LogP contribution in [0.1, 0.15) is 10.4 Å². The minimum Gasteiger partial charge on any atom is -0.454 e. The summed E-state index contributed by atoms with van der Waals surface area (Å²) in [5, 5.41) is 0. The molecule has 1 aromatic heterocycles. The summed E-state index contributed by atoms with van der Waals surface area (Å²) in [6.45, 7) is 0.961. The molecule has 2 heterocycles. The summed E-state index contributed by atoms with van der Waals surface area (Å²) < 4.78 is 9.95. The maximum Gasteiger partial charge on any atom is 0.340 e. The molecule has 1 fully saturated rings. The van der Waals surface area contributed by atoms with Gasteiger partial charge in [0.15, 0.2) is 0 Å². The first-order valence-corrected chi connectivity index (χ1v) is 4.26. The smallest absolute Gasteiger partial charge is 0.340 e. The molecular formula is C9H10N2O3. The Bertz CT molecular complexity index is 332. The molecule has 74 valence electrons. The number of hydrogen-bond acceptors (Lipinski definition) is 5. The van der Waals surface area contributed by atoms with Gasteiger partial charge in [-0.15, -0.1) is 0 Å². The third kappa shape index (κ3) is 1.82. The van der Waals surface area contributed by atoms with Crippen LogP contribution in [0.3, 0.4) is 0 Å². The Labute approximate surface area is 80.8 Å². The fourth-order valence-corrected chi connectivity index (χ4v) is 1.03. The molecule has 0 atom stereocenters. The molecule has 1 aliphatic heterocycles. The summed E-state index contributed by atoms with van der Waals surface area (Å²) in [6, 6.07) is 3.15. The maximum atomic E-state index is 11.4. The number of hydrogen-bond donors (Lipinski definition) is 1. The van der Waals surface area contributed by atoms with Crippen LogP contribution in [0.15, 0.2) is 18.3 Å². The van der Waals surface area contributed by atoms with Gasteiger partial charge in [0, 0.05) is 6.20 Å². The van der Waals surface area contributed by atoms with Crippen LogP contribution in [-0.4, -0.2) is 30.3 Å². The summed E-state index contributed by atoms with van der Waals surface area (Å²) >= 11 is 0. The van der Waals surface area contributed by atoms with Gasteiger partial charge in [0.25, 0.3) is 0 Å². The van der Waals surface area contributed by atoms with Crippen LogP contribution in [0.4, 0.5) is 5.82 Å². The third-order valence-electron chi connectivity index (χ3n) is 1.90. The number of anilines is 1. The molecule has 2 N–H and O–H groups in total. The molecule has 0 spiro atoms. The second-order valence-electron chi connectivity index (χ2n) is 3.04. The van der Waals surface area contributed by atoms with Crippen LogP contribution in [0.2, 0.25) is 0 Å². The van der Waals surface area contributed by atoms with Gasteiger partial charge in [-0.05, 0) is 12.1 Å². The quantitative estimate of drug-likeness (QED) is 0.681. The molecule has 1 saturated heterocycles. The molecular weight excluding hydrogens is 184 g/mol. The first-order chi connectivity index (χ1) is 6.75. The molecule has 0 amide bonds. The van der Waals surface area contributed by atoms with Crippen molar-refractivity contribution < 1.29 is 14.3 Å². The van der Waals surface area contributed by atoms with E-state index in [1.807, 2.05) is 0 Å². The van der Waals surface area contributed by atoms with Gasteiger partial charge in [0.2, 0.25) is 0 Å². The lowest BCUT2D eigenvalue weighted by atomic mass is 10.2.